The summed E-state index contributed by atoms with van der Waals surface area (Å²) in [5, 5.41) is 25.2. The molecule has 1 aromatic heterocycles. The fourth-order valence-corrected chi connectivity index (χ4v) is 1.30. The van der Waals surface area contributed by atoms with Gasteiger partial charge in [0.2, 0.25) is 5.91 Å². The number of carbonyl (C=O) groups is 1. The number of hydrogen-bond donors (Lipinski definition) is 2. The summed E-state index contributed by atoms with van der Waals surface area (Å²) in [7, 11) is 0. The lowest BCUT2D eigenvalue weighted by molar-refractivity contribution is -0.389. The summed E-state index contributed by atoms with van der Waals surface area (Å²) in [4.78, 5) is 21.1. The Hall–Kier alpha value is -1.96. The smallest absolute Gasteiger partial charge is 0.390 e. The first-order valence-corrected chi connectivity index (χ1v) is 5.11. The minimum Gasteiger partial charge on any atom is -0.395 e. The van der Waals surface area contributed by atoms with Gasteiger partial charge in [-0.3, -0.25) is 4.79 Å². The van der Waals surface area contributed by atoms with Crippen LogP contribution in [0.25, 0.3) is 0 Å². The van der Waals surface area contributed by atoms with Crippen LogP contribution in [0, 0.1) is 17.0 Å². The largest absolute Gasteiger partial charge is 0.395 e. The second kappa shape index (κ2) is 5.94. The molecule has 0 saturated heterocycles. The van der Waals surface area contributed by atoms with E-state index in [4.69, 9.17) is 5.11 Å². The third-order valence-electron chi connectivity index (χ3n) is 2.14. The molecule has 0 fully saturated rings. The van der Waals surface area contributed by atoms with E-state index in [-0.39, 0.29) is 37.8 Å². The number of aliphatic hydroxyl groups excluding tert-OH is 1. The van der Waals surface area contributed by atoms with E-state index < -0.39 is 4.92 Å². The van der Waals surface area contributed by atoms with Gasteiger partial charge in [-0.05, 0) is 11.8 Å². The quantitative estimate of drug-likeness (QED) is 0.521. The standard InChI is InChI=1S/C9H14N4O4/c1-7-6-8(13(16)17)11-12(7)4-2-9(15)10-3-5-14/h6,14H,2-5H2,1H3,(H,10,15). The van der Waals surface area contributed by atoms with Crippen molar-refractivity contribution in [3.8, 4) is 0 Å². The Morgan fingerprint density at radius 3 is 2.94 bits per heavy atom. The monoisotopic (exact) mass is 242 g/mol. The van der Waals surface area contributed by atoms with Crippen molar-refractivity contribution in [3.63, 3.8) is 0 Å². The number of carbonyl (C=O) groups excluding carboxylic acids is 1. The normalized spacial score (nSPS) is 10.2. The van der Waals surface area contributed by atoms with Gasteiger partial charge in [0.25, 0.3) is 0 Å². The molecular formula is C9H14N4O4. The molecule has 17 heavy (non-hydrogen) atoms. The van der Waals surface area contributed by atoms with Crippen LogP contribution < -0.4 is 5.32 Å². The Balaban J connectivity index is 2.51. The van der Waals surface area contributed by atoms with E-state index in [2.05, 4.69) is 10.4 Å². The Bertz CT molecular complexity index is 415. The topological polar surface area (TPSA) is 110 Å². The zero-order valence-electron chi connectivity index (χ0n) is 9.42. The summed E-state index contributed by atoms with van der Waals surface area (Å²) in [5.41, 5.74) is 0.631. The van der Waals surface area contributed by atoms with Crippen LogP contribution in [0.3, 0.4) is 0 Å². The Kier molecular flexibility index (Phi) is 4.58. The zero-order valence-corrected chi connectivity index (χ0v) is 9.42. The summed E-state index contributed by atoms with van der Waals surface area (Å²) in [6.45, 7) is 2.05. The van der Waals surface area contributed by atoms with Crippen molar-refractivity contribution in [2.24, 2.45) is 0 Å². The summed E-state index contributed by atoms with van der Waals surface area (Å²) in [5.74, 6) is -0.449. The highest BCUT2D eigenvalue weighted by molar-refractivity contribution is 5.75. The average Bonchev–Trinajstić information content (AvgIpc) is 2.65. The number of rotatable bonds is 6. The molecule has 1 rings (SSSR count). The fourth-order valence-electron chi connectivity index (χ4n) is 1.30. The van der Waals surface area contributed by atoms with Crippen LogP contribution in [0.2, 0.25) is 0 Å². The molecule has 0 aliphatic heterocycles. The number of nitrogens with one attached hydrogen (secondary N) is 1. The molecular weight excluding hydrogens is 228 g/mol. The van der Waals surface area contributed by atoms with E-state index in [1.807, 2.05) is 0 Å². The SMILES string of the molecule is Cc1cc([N+](=O)[O-])nn1CCC(=O)NCCO. The van der Waals surface area contributed by atoms with Crippen molar-refractivity contribution in [3.05, 3.63) is 21.9 Å². The maximum Gasteiger partial charge on any atom is 0.390 e. The van der Waals surface area contributed by atoms with Crippen molar-refractivity contribution in [2.45, 2.75) is 19.9 Å². The van der Waals surface area contributed by atoms with E-state index in [0.29, 0.717) is 5.69 Å². The maximum absolute atomic E-state index is 11.2. The van der Waals surface area contributed by atoms with Crippen LogP contribution in [-0.4, -0.2) is 38.9 Å². The number of nitro groups is 1. The van der Waals surface area contributed by atoms with Gasteiger partial charge in [0.15, 0.2) is 0 Å². The summed E-state index contributed by atoms with van der Waals surface area (Å²) in [6, 6.07) is 1.35. The minimum absolute atomic E-state index is 0.113. The highest BCUT2D eigenvalue weighted by Crippen LogP contribution is 2.10. The Labute approximate surface area is 97.4 Å². The van der Waals surface area contributed by atoms with E-state index in [0.717, 1.165) is 0 Å². The molecule has 1 amide bonds. The Morgan fingerprint density at radius 2 is 2.41 bits per heavy atom. The molecule has 1 heterocycles. The van der Waals surface area contributed by atoms with Crippen LogP contribution in [0.5, 0.6) is 0 Å². The Morgan fingerprint density at radius 1 is 1.71 bits per heavy atom. The number of aliphatic hydroxyl groups is 1. The molecule has 2 N–H and O–H groups in total. The molecule has 0 unspecified atom stereocenters. The number of hydrogen-bond acceptors (Lipinski definition) is 5. The second-order valence-electron chi connectivity index (χ2n) is 3.45. The molecule has 0 atom stereocenters. The number of aromatic nitrogens is 2. The molecule has 0 saturated carbocycles. The van der Waals surface area contributed by atoms with E-state index in [1.165, 1.54) is 10.7 Å². The highest BCUT2D eigenvalue weighted by Gasteiger charge is 2.15. The molecule has 94 valence electrons. The first-order chi connectivity index (χ1) is 8.04. The number of aryl methyl sites for hydroxylation is 2. The zero-order chi connectivity index (χ0) is 12.8. The van der Waals surface area contributed by atoms with Crippen molar-refractivity contribution >= 4 is 11.7 Å². The maximum atomic E-state index is 11.2. The first kappa shape index (κ1) is 13.1. The molecule has 0 bridgehead atoms. The van der Waals surface area contributed by atoms with E-state index >= 15 is 0 Å². The van der Waals surface area contributed by atoms with Crippen LogP contribution in [0.15, 0.2) is 6.07 Å². The number of nitrogens with zero attached hydrogens (tertiary/aromatic N) is 3. The van der Waals surface area contributed by atoms with Gasteiger partial charge in [0, 0.05) is 13.0 Å². The van der Waals surface area contributed by atoms with Crippen LogP contribution in [-0.2, 0) is 11.3 Å². The van der Waals surface area contributed by atoms with Gasteiger partial charge in [-0.25, -0.2) is 0 Å². The summed E-state index contributed by atoms with van der Waals surface area (Å²) >= 11 is 0. The van der Waals surface area contributed by atoms with Crippen LogP contribution >= 0.6 is 0 Å². The predicted octanol–water partition coefficient (Wildman–Crippen LogP) is -0.402. The lowest BCUT2D eigenvalue weighted by Gasteiger charge is -2.02. The molecule has 0 aromatic carbocycles. The first-order valence-electron chi connectivity index (χ1n) is 5.11. The van der Waals surface area contributed by atoms with Gasteiger partial charge in [-0.2, -0.15) is 4.68 Å². The lowest BCUT2D eigenvalue weighted by Crippen LogP contribution is -2.27. The molecule has 0 aliphatic rings. The van der Waals surface area contributed by atoms with Gasteiger partial charge in [0.1, 0.15) is 0 Å². The molecule has 8 nitrogen and oxygen atoms in total. The number of amides is 1. The lowest BCUT2D eigenvalue weighted by atomic mass is 10.4. The molecule has 0 radical (unpaired) electrons. The third-order valence-corrected chi connectivity index (χ3v) is 2.14. The van der Waals surface area contributed by atoms with Gasteiger partial charge < -0.3 is 20.5 Å². The fraction of sp³-hybridized carbons (Fsp3) is 0.556. The van der Waals surface area contributed by atoms with Crippen molar-refractivity contribution in [1.29, 1.82) is 0 Å². The van der Waals surface area contributed by atoms with Crippen molar-refractivity contribution in [2.75, 3.05) is 13.2 Å². The van der Waals surface area contributed by atoms with E-state index in [1.54, 1.807) is 6.92 Å². The highest BCUT2D eigenvalue weighted by atomic mass is 16.6. The third kappa shape index (κ3) is 3.83. The van der Waals surface area contributed by atoms with Gasteiger partial charge in [-0.15, -0.1) is 0 Å². The van der Waals surface area contributed by atoms with Crippen LogP contribution in [0.4, 0.5) is 5.82 Å². The molecule has 0 spiro atoms. The summed E-state index contributed by atoms with van der Waals surface area (Å²) < 4.78 is 1.41. The molecule has 1 aromatic rings. The van der Waals surface area contributed by atoms with Crippen LogP contribution in [0.1, 0.15) is 12.1 Å². The van der Waals surface area contributed by atoms with Gasteiger partial charge in [-0.1, -0.05) is 0 Å². The van der Waals surface area contributed by atoms with Crippen molar-refractivity contribution in [1.82, 2.24) is 15.1 Å². The summed E-state index contributed by atoms with van der Waals surface area (Å²) in [6.07, 6.45) is 0.166. The minimum atomic E-state index is -0.574. The van der Waals surface area contributed by atoms with E-state index in [9.17, 15) is 14.9 Å². The van der Waals surface area contributed by atoms with Gasteiger partial charge in [0.05, 0.1) is 30.0 Å². The average molecular weight is 242 g/mol. The molecule has 0 aliphatic carbocycles. The molecule has 8 heteroatoms. The van der Waals surface area contributed by atoms with Gasteiger partial charge >= 0.3 is 5.82 Å². The predicted molar refractivity (Wildman–Crippen MR) is 58.3 cm³/mol. The van der Waals surface area contributed by atoms with Crippen molar-refractivity contribution < 1.29 is 14.8 Å². The second-order valence-corrected chi connectivity index (χ2v) is 3.45.